The summed E-state index contributed by atoms with van der Waals surface area (Å²) in [6, 6.07) is 24.4. The van der Waals surface area contributed by atoms with Crippen molar-refractivity contribution in [1.82, 2.24) is 10.2 Å². The van der Waals surface area contributed by atoms with Gasteiger partial charge in [-0.05, 0) is 115 Å². The molecule has 3 aliphatic rings. The molecule has 324 valence electrons. The van der Waals surface area contributed by atoms with E-state index < -0.39 is 17.7 Å². The van der Waals surface area contributed by atoms with Crippen LogP contribution in [0.5, 0.6) is 11.5 Å². The maximum Gasteiger partial charge on any atom is 0.349 e. The average molecular weight is 880 g/mol. The van der Waals surface area contributed by atoms with Crippen LogP contribution in [0.25, 0.3) is 0 Å². The number of ether oxygens (including phenoxy) is 2. The standard InChI is InChI=1S/C46H49N5O9S2/c1-50(40(55)15-18-51-19-16-45(17-20-51)24-33(25-45)60-44(57)46(58,37-7-3-21-61-37)38-8-4-22-62-38)32-6-2-5-30(23-32)43(56)48-31-11-9-29(10-12-31)26-47-27-36(53)34-13-14-35(52)41-42(34)59-28-39(54)49-41/h2-14,21-23,33,36,47,52-53,58H,15-20,24-28H2,1H3,(H,48,56)(H,49,54)/t36-/m0/s1. The molecule has 16 heteroatoms. The fraction of sp³-hybridized carbons (Fsp3) is 0.348. The number of amides is 3. The number of aliphatic hydroxyl groups is 2. The van der Waals surface area contributed by atoms with Crippen LogP contribution in [0, 0.1) is 5.41 Å². The third-order valence-electron chi connectivity index (χ3n) is 12.1. The van der Waals surface area contributed by atoms with E-state index in [-0.39, 0.29) is 59.6 Å². The monoisotopic (exact) mass is 879 g/mol. The number of hydrogen-bond donors (Lipinski definition) is 6. The molecule has 0 radical (unpaired) electrons. The number of carbonyl (C=O) groups excluding carboxylic acids is 4. The van der Waals surface area contributed by atoms with Crippen molar-refractivity contribution in [2.45, 2.75) is 56.5 Å². The Hall–Kier alpha value is -5.62. The molecule has 3 amide bonds. The van der Waals surface area contributed by atoms with Gasteiger partial charge in [0.2, 0.25) is 11.5 Å². The quantitative estimate of drug-likeness (QED) is 0.0535. The molecule has 1 saturated carbocycles. The number of thiophene rings is 2. The van der Waals surface area contributed by atoms with E-state index in [1.54, 1.807) is 66.5 Å². The summed E-state index contributed by atoms with van der Waals surface area (Å²) in [4.78, 5) is 56.7. The van der Waals surface area contributed by atoms with Crippen molar-refractivity contribution in [3.63, 3.8) is 0 Å². The second kappa shape index (κ2) is 18.4. The van der Waals surface area contributed by atoms with Gasteiger partial charge in [-0.3, -0.25) is 14.4 Å². The largest absolute Gasteiger partial charge is 0.506 e. The lowest BCUT2D eigenvalue weighted by molar-refractivity contribution is -0.181. The van der Waals surface area contributed by atoms with Gasteiger partial charge in [-0.1, -0.05) is 30.3 Å². The van der Waals surface area contributed by atoms with Crippen molar-refractivity contribution in [2.75, 3.05) is 55.4 Å². The minimum Gasteiger partial charge on any atom is -0.506 e. The van der Waals surface area contributed by atoms with Crippen LogP contribution in [0.3, 0.4) is 0 Å². The van der Waals surface area contributed by atoms with E-state index in [1.807, 2.05) is 35.0 Å². The van der Waals surface area contributed by atoms with Crippen LogP contribution in [-0.4, -0.2) is 89.8 Å². The Morgan fingerprint density at radius 1 is 1.00 bits per heavy atom. The predicted octanol–water partition coefficient (Wildman–Crippen LogP) is 6.00. The van der Waals surface area contributed by atoms with Crippen LogP contribution in [0.15, 0.2) is 95.7 Å². The number of anilines is 3. The van der Waals surface area contributed by atoms with Crippen molar-refractivity contribution in [3.8, 4) is 11.5 Å². The number of fused-ring (bicyclic) bond motifs is 1. The highest BCUT2D eigenvalue weighted by molar-refractivity contribution is 7.12. The van der Waals surface area contributed by atoms with Gasteiger partial charge in [0.25, 0.3) is 11.8 Å². The Bertz CT molecular complexity index is 2360. The Balaban J connectivity index is 0.756. The smallest absolute Gasteiger partial charge is 0.349 e. The van der Waals surface area contributed by atoms with E-state index in [9.17, 15) is 34.5 Å². The summed E-state index contributed by atoms with van der Waals surface area (Å²) in [5, 5.41) is 44.8. The lowest BCUT2D eigenvalue weighted by atomic mass is 9.61. The Kier molecular flexibility index (Phi) is 12.8. The summed E-state index contributed by atoms with van der Waals surface area (Å²) in [7, 11) is 1.72. The van der Waals surface area contributed by atoms with Crippen molar-refractivity contribution < 1.29 is 44.0 Å². The van der Waals surface area contributed by atoms with E-state index in [0.717, 1.165) is 44.3 Å². The van der Waals surface area contributed by atoms with Gasteiger partial charge in [-0.25, -0.2) is 4.79 Å². The van der Waals surface area contributed by atoms with Crippen molar-refractivity contribution in [3.05, 3.63) is 122 Å². The summed E-state index contributed by atoms with van der Waals surface area (Å²) >= 11 is 2.67. The number of likely N-dealkylation sites (tertiary alicyclic amines) is 1. The Morgan fingerprint density at radius 3 is 2.39 bits per heavy atom. The van der Waals surface area contributed by atoms with Gasteiger partial charge in [0, 0.05) is 55.6 Å². The van der Waals surface area contributed by atoms with Crippen LogP contribution in [-0.2, 0) is 31.3 Å². The van der Waals surface area contributed by atoms with E-state index in [0.29, 0.717) is 51.8 Å². The third-order valence-corrected chi connectivity index (χ3v) is 14.0. The number of nitrogens with zero attached hydrogens (tertiary/aromatic N) is 2. The molecule has 0 unspecified atom stereocenters. The maximum absolute atomic E-state index is 13.4. The van der Waals surface area contributed by atoms with Gasteiger partial charge >= 0.3 is 5.97 Å². The first-order valence-corrected chi connectivity index (χ1v) is 22.3. The highest BCUT2D eigenvalue weighted by atomic mass is 32.1. The molecule has 5 aromatic rings. The molecule has 2 fully saturated rings. The fourth-order valence-electron chi connectivity index (χ4n) is 8.41. The highest BCUT2D eigenvalue weighted by Crippen LogP contribution is 2.51. The summed E-state index contributed by atoms with van der Waals surface area (Å²) in [6.07, 6.45) is 2.59. The number of phenols is 1. The molecule has 2 aliphatic heterocycles. The van der Waals surface area contributed by atoms with Crippen molar-refractivity contribution in [2.24, 2.45) is 5.41 Å². The third kappa shape index (κ3) is 9.26. The first-order chi connectivity index (χ1) is 29.9. The number of phenolic OH excluding ortho intramolecular Hbond substituents is 1. The average Bonchev–Trinajstić information content (AvgIpc) is 4.03. The van der Waals surface area contributed by atoms with E-state index in [2.05, 4.69) is 20.9 Å². The molecule has 62 heavy (non-hydrogen) atoms. The number of benzene rings is 3. The lowest BCUT2D eigenvalue weighted by Crippen LogP contribution is -2.52. The number of esters is 1. The molecule has 0 bridgehead atoms. The summed E-state index contributed by atoms with van der Waals surface area (Å²) in [5.74, 6) is -1.27. The maximum atomic E-state index is 13.4. The molecule has 3 aromatic carbocycles. The minimum absolute atomic E-state index is 0.0524. The summed E-state index contributed by atoms with van der Waals surface area (Å²) < 4.78 is 11.4. The molecular weight excluding hydrogens is 831 g/mol. The van der Waals surface area contributed by atoms with E-state index in [4.69, 9.17) is 9.47 Å². The molecule has 14 nitrogen and oxygen atoms in total. The van der Waals surface area contributed by atoms with E-state index >= 15 is 0 Å². The lowest BCUT2D eigenvalue weighted by Gasteiger charge is -2.51. The molecule has 1 spiro atoms. The van der Waals surface area contributed by atoms with Crippen LogP contribution in [0.4, 0.5) is 17.1 Å². The van der Waals surface area contributed by atoms with Crippen molar-refractivity contribution in [1.29, 1.82) is 0 Å². The zero-order valence-electron chi connectivity index (χ0n) is 34.2. The molecule has 8 rings (SSSR count). The molecule has 6 N–H and O–H groups in total. The Labute approximate surface area is 367 Å². The van der Waals surface area contributed by atoms with Gasteiger partial charge in [0.05, 0.1) is 15.9 Å². The molecule has 2 aromatic heterocycles. The number of aromatic hydroxyl groups is 1. The number of rotatable bonds is 15. The van der Waals surface area contributed by atoms with Crippen LogP contribution in [0.2, 0.25) is 0 Å². The van der Waals surface area contributed by atoms with Gasteiger partial charge in [-0.2, -0.15) is 0 Å². The zero-order valence-corrected chi connectivity index (χ0v) is 35.8. The highest BCUT2D eigenvalue weighted by Gasteiger charge is 2.51. The molecular formula is C46H49N5O9S2. The SMILES string of the molecule is CN(C(=O)CCN1CCC2(CC1)CC(OC(=O)C(O)(c1cccs1)c1cccs1)C2)c1cccc(C(=O)Nc2ccc(CNC[C@H](O)c3ccc(O)c4c3OCC(=O)N4)cc2)c1. The fourth-order valence-corrected chi connectivity index (χ4v) is 10.1. The first-order valence-electron chi connectivity index (χ1n) is 20.6. The summed E-state index contributed by atoms with van der Waals surface area (Å²) in [6.45, 7) is 2.74. The summed E-state index contributed by atoms with van der Waals surface area (Å²) in [5.41, 5.74) is 1.44. The van der Waals surface area contributed by atoms with Crippen LogP contribution in [0.1, 0.15) is 69.4 Å². The van der Waals surface area contributed by atoms with Gasteiger partial charge in [-0.15, -0.1) is 22.7 Å². The van der Waals surface area contributed by atoms with Gasteiger partial charge in [0.1, 0.15) is 17.5 Å². The second-order valence-corrected chi connectivity index (χ2v) is 18.1. The zero-order chi connectivity index (χ0) is 43.4. The van der Waals surface area contributed by atoms with Crippen LogP contribution >= 0.6 is 22.7 Å². The number of aliphatic hydroxyl groups excluding tert-OH is 1. The molecule has 1 atom stereocenters. The number of carbonyl (C=O) groups is 4. The predicted molar refractivity (Wildman–Crippen MR) is 237 cm³/mol. The molecule has 1 saturated heterocycles. The van der Waals surface area contributed by atoms with Crippen LogP contribution < -0.4 is 25.6 Å². The normalized spacial score (nSPS) is 16.7. The first kappa shape index (κ1) is 43.0. The number of hydrogen-bond acceptors (Lipinski definition) is 13. The number of piperidine rings is 1. The number of nitrogens with one attached hydrogen (secondary N) is 3. The van der Waals surface area contributed by atoms with E-state index in [1.165, 1.54) is 28.7 Å². The second-order valence-electron chi connectivity index (χ2n) is 16.2. The van der Waals surface area contributed by atoms with Gasteiger partial charge in [0.15, 0.2) is 12.4 Å². The van der Waals surface area contributed by atoms with Gasteiger partial charge < -0.3 is 50.5 Å². The molecule has 4 heterocycles. The van der Waals surface area contributed by atoms with Crippen molar-refractivity contribution >= 4 is 63.4 Å². The minimum atomic E-state index is -1.80. The topological polar surface area (TPSA) is 190 Å². The molecule has 1 aliphatic carbocycles. The Morgan fingerprint density at radius 2 is 1.71 bits per heavy atom.